The predicted octanol–water partition coefficient (Wildman–Crippen LogP) is 5.21. The average Bonchev–Trinajstić information content (AvgIpc) is 3.20. The predicted molar refractivity (Wildman–Crippen MR) is 100 cm³/mol. The van der Waals surface area contributed by atoms with Gasteiger partial charge in [-0.2, -0.15) is 0 Å². The maximum absolute atomic E-state index is 11.9. The molecule has 3 rings (SSSR count). The van der Waals surface area contributed by atoms with Gasteiger partial charge in [0, 0.05) is 0 Å². The zero-order chi connectivity index (χ0) is 18.4. The molecule has 2 aromatic carbocycles. The van der Waals surface area contributed by atoms with E-state index in [1.54, 1.807) is 0 Å². The topological polar surface area (TPSA) is 63.3 Å². The van der Waals surface area contributed by atoms with Crippen molar-refractivity contribution in [1.82, 2.24) is 4.98 Å². The van der Waals surface area contributed by atoms with Crippen molar-refractivity contribution in [3.63, 3.8) is 0 Å². The first-order chi connectivity index (χ1) is 12.7. The van der Waals surface area contributed by atoms with Gasteiger partial charge in [-0.3, -0.25) is 4.79 Å². The smallest absolute Gasteiger partial charge is 0.315 e. The number of hydrogen-bond donors (Lipinski definition) is 1. The van der Waals surface area contributed by atoms with E-state index in [4.69, 9.17) is 4.42 Å². The summed E-state index contributed by atoms with van der Waals surface area (Å²) in [7, 11) is 0. The highest BCUT2D eigenvalue weighted by Crippen LogP contribution is 2.41. The summed E-state index contributed by atoms with van der Waals surface area (Å²) in [6.07, 6.45) is 4.28. The molecule has 0 amide bonds. The fourth-order valence-corrected chi connectivity index (χ4v) is 3.65. The monoisotopic (exact) mass is 349 g/mol. The lowest BCUT2D eigenvalue weighted by Crippen LogP contribution is -2.20. The molecule has 1 heterocycles. The number of nitrogens with zero attached hydrogens (tertiary/aromatic N) is 1. The second kappa shape index (κ2) is 8.48. The van der Waals surface area contributed by atoms with Crippen LogP contribution < -0.4 is 0 Å². The van der Waals surface area contributed by atoms with Crippen LogP contribution in [0, 0.1) is 0 Å². The van der Waals surface area contributed by atoms with Gasteiger partial charge in [0.2, 0.25) is 5.89 Å². The van der Waals surface area contributed by atoms with Crippen molar-refractivity contribution in [3.05, 3.63) is 90.1 Å². The molecule has 0 aliphatic heterocycles. The normalized spacial score (nSPS) is 14.5. The van der Waals surface area contributed by atoms with E-state index in [1.165, 1.54) is 18.0 Å². The molecule has 4 heteroatoms. The number of carbonyl (C=O) groups is 1. The summed E-state index contributed by atoms with van der Waals surface area (Å²) >= 11 is 0. The third-order valence-electron chi connectivity index (χ3n) is 4.92. The van der Waals surface area contributed by atoms with E-state index in [0.717, 1.165) is 12.0 Å². The first kappa shape index (κ1) is 17.9. The summed E-state index contributed by atoms with van der Waals surface area (Å²) in [5, 5.41) is 9.77. The Balaban J connectivity index is 1.99. The van der Waals surface area contributed by atoms with Crippen LogP contribution >= 0.6 is 0 Å². The fraction of sp³-hybridized carbons (Fsp3) is 0.273. The Kier molecular flexibility index (Phi) is 5.84. The number of rotatable bonds is 8. The van der Waals surface area contributed by atoms with Gasteiger partial charge in [0.15, 0.2) is 0 Å². The highest BCUT2D eigenvalue weighted by molar-refractivity contribution is 5.74. The molecule has 26 heavy (non-hydrogen) atoms. The third-order valence-corrected chi connectivity index (χ3v) is 4.92. The zero-order valence-electron chi connectivity index (χ0n) is 14.8. The number of benzene rings is 2. The number of hydrogen-bond acceptors (Lipinski definition) is 3. The molecule has 0 spiro atoms. The summed E-state index contributed by atoms with van der Waals surface area (Å²) < 4.78 is 5.32. The number of aliphatic carboxylic acids is 1. The number of carboxylic acids is 1. The number of carboxylic acid groups (broad SMARTS) is 1. The van der Waals surface area contributed by atoms with Gasteiger partial charge in [0.05, 0.1) is 6.20 Å². The van der Waals surface area contributed by atoms with Gasteiger partial charge in [-0.25, -0.2) is 4.98 Å². The van der Waals surface area contributed by atoms with Crippen LogP contribution in [0.3, 0.4) is 0 Å². The molecule has 0 radical (unpaired) electrons. The van der Waals surface area contributed by atoms with Crippen molar-refractivity contribution < 1.29 is 14.3 Å². The maximum Gasteiger partial charge on any atom is 0.315 e. The van der Waals surface area contributed by atoms with E-state index in [1.807, 2.05) is 36.4 Å². The summed E-state index contributed by atoms with van der Waals surface area (Å²) in [5.41, 5.74) is 2.36. The Hall–Kier alpha value is -2.88. The van der Waals surface area contributed by atoms with Crippen molar-refractivity contribution in [2.24, 2.45) is 0 Å². The van der Waals surface area contributed by atoms with Gasteiger partial charge >= 0.3 is 5.97 Å². The van der Waals surface area contributed by atoms with Crippen LogP contribution in [-0.2, 0) is 4.79 Å². The Morgan fingerprint density at radius 1 is 1.00 bits per heavy atom. The van der Waals surface area contributed by atoms with Gasteiger partial charge < -0.3 is 9.52 Å². The molecule has 0 fully saturated rings. The molecule has 3 aromatic rings. The minimum Gasteiger partial charge on any atom is -0.481 e. The second-order valence-electron chi connectivity index (χ2n) is 6.44. The molecule has 1 N–H and O–H groups in total. The third kappa shape index (κ3) is 4.02. The standard InChI is InChI=1S/C22H23NO3/c1-2-18(16-9-5-3-6-10-16)19(17-11-7-4-8-12-17)15-20(22(24)25)21-23-13-14-26-21/h3-14,18-20H,2,15H2,1H3,(H,24,25). The van der Waals surface area contributed by atoms with Crippen LogP contribution in [0.15, 0.2) is 77.5 Å². The van der Waals surface area contributed by atoms with Crippen LogP contribution in [-0.4, -0.2) is 16.1 Å². The molecule has 0 aliphatic rings. The molecular weight excluding hydrogens is 326 g/mol. The molecule has 0 saturated heterocycles. The molecule has 4 nitrogen and oxygen atoms in total. The number of oxazole rings is 1. The Bertz CT molecular complexity index is 800. The van der Waals surface area contributed by atoms with E-state index in [2.05, 4.69) is 36.2 Å². The van der Waals surface area contributed by atoms with Gasteiger partial charge in [-0.1, -0.05) is 67.6 Å². The van der Waals surface area contributed by atoms with Crippen LogP contribution in [0.25, 0.3) is 0 Å². The molecule has 3 unspecified atom stereocenters. The zero-order valence-corrected chi connectivity index (χ0v) is 14.8. The van der Waals surface area contributed by atoms with Crippen molar-refractivity contribution in [2.75, 3.05) is 0 Å². The van der Waals surface area contributed by atoms with Crippen molar-refractivity contribution in [3.8, 4) is 0 Å². The van der Waals surface area contributed by atoms with Gasteiger partial charge in [0.25, 0.3) is 0 Å². The molecule has 3 atom stereocenters. The molecule has 0 bridgehead atoms. The maximum atomic E-state index is 11.9. The lowest BCUT2D eigenvalue weighted by molar-refractivity contribution is -0.139. The van der Waals surface area contributed by atoms with Gasteiger partial charge in [-0.05, 0) is 35.8 Å². The minimum absolute atomic E-state index is 0.0524. The lowest BCUT2D eigenvalue weighted by Gasteiger charge is -2.29. The highest BCUT2D eigenvalue weighted by Gasteiger charge is 2.32. The number of aromatic nitrogens is 1. The van der Waals surface area contributed by atoms with Crippen molar-refractivity contribution in [2.45, 2.75) is 37.5 Å². The summed E-state index contributed by atoms with van der Waals surface area (Å²) in [6, 6.07) is 20.4. The fourth-order valence-electron chi connectivity index (χ4n) is 3.65. The van der Waals surface area contributed by atoms with Crippen LogP contribution in [0.1, 0.15) is 54.5 Å². The van der Waals surface area contributed by atoms with Crippen molar-refractivity contribution >= 4 is 5.97 Å². The van der Waals surface area contributed by atoms with E-state index < -0.39 is 11.9 Å². The van der Waals surface area contributed by atoms with E-state index in [-0.39, 0.29) is 17.7 Å². The van der Waals surface area contributed by atoms with Gasteiger partial charge in [0.1, 0.15) is 12.2 Å². The van der Waals surface area contributed by atoms with Crippen LogP contribution in [0.4, 0.5) is 0 Å². The highest BCUT2D eigenvalue weighted by atomic mass is 16.4. The quantitative estimate of drug-likeness (QED) is 0.606. The van der Waals surface area contributed by atoms with E-state index >= 15 is 0 Å². The van der Waals surface area contributed by atoms with Crippen LogP contribution in [0.2, 0.25) is 0 Å². The summed E-state index contributed by atoms with van der Waals surface area (Å²) in [4.78, 5) is 16.0. The Labute approximate surface area is 153 Å². The van der Waals surface area contributed by atoms with Crippen molar-refractivity contribution in [1.29, 1.82) is 0 Å². The second-order valence-corrected chi connectivity index (χ2v) is 6.44. The minimum atomic E-state index is -0.906. The van der Waals surface area contributed by atoms with Gasteiger partial charge in [-0.15, -0.1) is 0 Å². The lowest BCUT2D eigenvalue weighted by atomic mass is 9.75. The summed E-state index contributed by atoms with van der Waals surface area (Å²) in [5.74, 6) is -1.14. The largest absolute Gasteiger partial charge is 0.481 e. The SMILES string of the molecule is CCC(c1ccccc1)C(CC(C(=O)O)c1ncco1)c1ccccc1. The summed E-state index contributed by atoms with van der Waals surface area (Å²) in [6.45, 7) is 2.15. The first-order valence-corrected chi connectivity index (χ1v) is 8.92. The molecule has 134 valence electrons. The first-order valence-electron chi connectivity index (χ1n) is 8.92. The van der Waals surface area contributed by atoms with E-state index in [0.29, 0.717) is 6.42 Å². The van der Waals surface area contributed by atoms with Crippen LogP contribution in [0.5, 0.6) is 0 Å². The van der Waals surface area contributed by atoms with E-state index in [9.17, 15) is 9.90 Å². The Morgan fingerprint density at radius 3 is 2.04 bits per heavy atom. The molecule has 0 saturated carbocycles. The molecule has 0 aliphatic carbocycles. The average molecular weight is 349 g/mol. The molecule has 1 aromatic heterocycles. The Morgan fingerprint density at radius 2 is 1.58 bits per heavy atom. The molecular formula is C22H23NO3.